The van der Waals surface area contributed by atoms with Gasteiger partial charge in [0.05, 0.1) is 0 Å². The lowest BCUT2D eigenvalue weighted by molar-refractivity contribution is -0.138. The number of aliphatic carboxylic acids is 1. The van der Waals surface area contributed by atoms with E-state index in [1.54, 1.807) is 12.1 Å². The Balaban J connectivity index is 1.91. The number of nitrogens with one attached hydrogen (secondary N) is 1. The van der Waals surface area contributed by atoms with Crippen molar-refractivity contribution >= 4 is 11.9 Å². The van der Waals surface area contributed by atoms with Gasteiger partial charge in [0, 0.05) is 12.1 Å². The van der Waals surface area contributed by atoms with Crippen LogP contribution in [0.2, 0.25) is 0 Å². The molecule has 1 amide bonds. The first-order chi connectivity index (χ1) is 10.6. The Morgan fingerprint density at radius 2 is 1.73 bits per heavy atom. The van der Waals surface area contributed by atoms with Crippen LogP contribution in [0.3, 0.4) is 0 Å². The lowest BCUT2D eigenvalue weighted by Gasteiger charge is -2.19. The van der Waals surface area contributed by atoms with Gasteiger partial charge in [-0.2, -0.15) is 0 Å². The van der Waals surface area contributed by atoms with Gasteiger partial charge in [-0.05, 0) is 50.6 Å². The first-order valence-electron chi connectivity index (χ1n) is 7.91. The second kappa shape index (κ2) is 7.94. The standard InChI is InChI=1S/C17H24N2O3/c1-13(17(21)22)18-16(20)15-8-6-14(7-9-15)12-19-10-4-2-3-5-11-19/h6-9,13H,2-5,10-12H2,1H3,(H,18,20)(H,21,22). The van der Waals surface area contributed by atoms with E-state index in [1.165, 1.54) is 38.2 Å². The molecule has 0 aromatic heterocycles. The number of carboxylic acid groups (broad SMARTS) is 1. The molecule has 1 atom stereocenters. The third kappa shape index (κ3) is 4.84. The zero-order valence-electron chi connectivity index (χ0n) is 13.0. The fraction of sp³-hybridized carbons (Fsp3) is 0.529. The highest BCUT2D eigenvalue weighted by Gasteiger charge is 2.15. The summed E-state index contributed by atoms with van der Waals surface area (Å²) in [5.41, 5.74) is 1.68. The molecule has 2 rings (SSSR count). The summed E-state index contributed by atoms with van der Waals surface area (Å²) < 4.78 is 0. The second-order valence-corrected chi connectivity index (χ2v) is 5.92. The van der Waals surface area contributed by atoms with Crippen molar-refractivity contribution < 1.29 is 14.7 Å². The number of rotatable bonds is 5. The Hall–Kier alpha value is -1.88. The minimum absolute atomic E-state index is 0.351. The lowest BCUT2D eigenvalue weighted by Crippen LogP contribution is -2.38. The number of amides is 1. The van der Waals surface area contributed by atoms with Crippen LogP contribution in [0, 0.1) is 0 Å². The van der Waals surface area contributed by atoms with Crippen LogP contribution in [0.5, 0.6) is 0 Å². The molecule has 1 aliphatic heterocycles. The average Bonchev–Trinajstić information content (AvgIpc) is 2.76. The smallest absolute Gasteiger partial charge is 0.325 e. The topological polar surface area (TPSA) is 69.6 Å². The summed E-state index contributed by atoms with van der Waals surface area (Å²) in [5, 5.41) is 11.3. The molecule has 22 heavy (non-hydrogen) atoms. The van der Waals surface area contributed by atoms with Crippen LogP contribution in [0.4, 0.5) is 0 Å². The molecule has 2 N–H and O–H groups in total. The maximum absolute atomic E-state index is 11.9. The molecule has 0 aliphatic carbocycles. The van der Waals surface area contributed by atoms with E-state index in [4.69, 9.17) is 5.11 Å². The van der Waals surface area contributed by atoms with Crippen molar-refractivity contribution in [1.82, 2.24) is 10.2 Å². The van der Waals surface area contributed by atoms with Crippen LogP contribution in [-0.2, 0) is 11.3 Å². The summed E-state index contributed by atoms with van der Waals surface area (Å²) in [6.45, 7) is 4.64. The molecule has 5 heteroatoms. The zero-order chi connectivity index (χ0) is 15.9. The lowest BCUT2D eigenvalue weighted by atomic mass is 10.1. The Morgan fingerprint density at radius 3 is 2.27 bits per heavy atom. The molecule has 1 aromatic carbocycles. The van der Waals surface area contributed by atoms with Gasteiger partial charge in [-0.3, -0.25) is 14.5 Å². The van der Waals surface area contributed by atoms with Gasteiger partial charge in [0.1, 0.15) is 6.04 Å². The van der Waals surface area contributed by atoms with Gasteiger partial charge >= 0.3 is 5.97 Å². The fourth-order valence-electron chi connectivity index (χ4n) is 2.66. The zero-order valence-corrected chi connectivity index (χ0v) is 13.0. The van der Waals surface area contributed by atoms with Gasteiger partial charge < -0.3 is 10.4 Å². The molecular weight excluding hydrogens is 280 g/mol. The maximum atomic E-state index is 11.9. The van der Waals surface area contributed by atoms with Crippen LogP contribution in [0.25, 0.3) is 0 Å². The van der Waals surface area contributed by atoms with Crippen LogP contribution in [0.1, 0.15) is 48.5 Å². The number of carbonyl (C=O) groups is 2. The van der Waals surface area contributed by atoms with E-state index < -0.39 is 12.0 Å². The molecule has 1 unspecified atom stereocenters. The molecule has 0 bridgehead atoms. The van der Waals surface area contributed by atoms with E-state index in [1.807, 2.05) is 12.1 Å². The molecular formula is C17H24N2O3. The third-order valence-electron chi connectivity index (χ3n) is 4.04. The largest absolute Gasteiger partial charge is 0.480 e. The van der Waals surface area contributed by atoms with Gasteiger partial charge in [0.25, 0.3) is 5.91 Å². The van der Waals surface area contributed by atoms with E-state index in [2.05, 4.69) is 10.2 Å². The Labute approximate surface area is 131 Å². The maximum Gasteiger partial charge on any atom is 0.325 e. The summed E-state index contributed by atoms with van der Waals surface area (Å²) in [6.07, 6.45) is 5.15. The van der Waals surface area contributed by atoms with Crippen molar-refractivity contribution in [2.45, 2.75) is 45.2 Å². The normalized spacial score (nSPS) is 17.5. The van der Waals surface area contributed by atoms with Gasteiger partial charge in [0.2, 0.25) is 0 Å². The molecule has 1 heterocycles. The molecule has 1 fully saturated rings. The number of nitrogens with zero attached hydrogens (tertiary/aromatic N) is 1. The SMILES string of the molecule is CC(NC(=O)c1ccc(CN2CCCCCC2)cc1)C(=O)O. The van der Waals surface area contributed by atoms with Crippen molar-refractivity contribution in [3.8, 4) is 0 Å². The highest BCUT2D eigenvalue weighted by molar-refractivity contribution is 5.96. The molecule has 1 saturated heterocycles. The van der Waals surface area contributed by atoms with Crippen molar-refractivity contribution in [1.29, 1.82) is 0 Å². The summed E-state index contributed by atoms with van der Waals surface area (Å²) in [5.74, 6) is -1.39. The fourth-order valence-corrected chi connectivity index (χ4v) is 2.66. The van der Waals surface area contributed by atoms with Crippen LogP contribution >= 0.6 is 0 Å². The van der Waals surface area contributed by atoms with Crippen molar-refractivity contribution in [3.63, 3.8) is 0 Å². The van der Waals surface area contributed by atoms with E-state index >= 15 is 0 Å². The van der Waals surface area contributed by atoms with E-state index in [0.717, 1.165) is 19.6 Å². The van der Waals surface area contributed by atoms with Gasteiger partial charge in [-0.25, -0.2) is 0 Å². The number of carbonyl (C=O) groups excluding carboxylic acids is 1. The number of benzene rings is 1. The van der Waals surface area contributed by atoms with Crippen molar-refractivity contribution in [2.24, 2.45) is 0 Å². The van der Waals surface area contributed by atoms with Gasteiger partial charge in [0.15, 0.2) is 0 Å². The number of likely N-dealkylation sites (tertiary alicyclic amines) is 1. The van der Waals surface area contributed by atoms with E-state index in [0.29, 0.717) is 5.56 Å². The predicted molar refractivity (Wildman–Crippen MR) is 84.8 cm³/mol. The van der Waals surface area contributed by atoms with Crippen LogP contribution in [0.15, 0.2) is 24.3 Å². The monoisotopic (exact) mass is 304 g/mol. The molecule has 1 aliphatic rings. The predicted octanol–water partition coefficient (Wildman–Crippen LogP) is 2.27. The Morgan fingerprint density at radius 1 is 1.14 bits per heavy atom. The minimum Gasteiger partial charge on any atom is -0.480 e. The number of carboxylic acids is 1. The molecule has 0 spiro atoms. The molecule has 0 saturated carbocycles. The number of hydrogen-bond acceptors (Lipinski definition) is 3. The van der Waals surface area contributed by atoms with Crippen LogP contribution in [-0.4, -0.2) is 41.0 Å². The average molecular weight is 304 g/mol. The Kier molecular flexibility index (Phi) is 5.95. The van der Waals surface area contributed by atoms with Crippen molar-refractivity contribution in [2.75, 3.05) is 13.1 Å². The first kappa shape index (κ1) is 16.5. The quantitative estimate of drug-likeness (QED) is 0.875. The molecule has 120 valence electrons. The summed E-state index contributed by atoms with van der Waals surface area (Å²) >= 11 is 0. The third-order valence-corrected chi connectivity index (χ3v) is 4.04. The van der Waals surface area contributed by atoms with E-state index in [9.17, 15) is 9.59 Å². The second-order valence-electron chi connectivity index (χ2n) is 5.92. The summed E-state index contributed by atoms with van der Waals surface area (Å²) in [7, 11) is 0. The first-order valence-corrected chi connectivity index (χ1v) is 7.91. The van der Waals surface area contributed by atoms with Gasteiger partial charge in [-0.15, -0.1) is 0 Å². The molecule has 1 aromatic rings. The van der Waals surface area contributed by atoms with Crippen molar-refractivity contribution in [3.05, 3.63) is 35.4 Å². The van der Waals surface area contributed by atoms with E-state index in [-0.39, 0.29) is 5.91 Å². The van der Waals surface area contributed by atoms with Gasteiger partial charge in [-0.1, -0.05) is 25.0 Å². The summed E-state index contributed by atoms with van der Waals surface area (Å²) in [4.78, 5) is 25.1. The Bertz CT molecular complexity index is 505. The highest BCUT2D eigenvalue weighted by Crippen LogP contribution is 2.14. The minimum atomic E-state index is -1.04. The van der Waals surface area contributed by atoms with Crippen LogP contribution < -0.4 is 5.32 Å². The molecule has 0 radical (unpaired) electrons. The molecule has 5 nitrogen and oxygen atoms in total. The summed E-state index contributed by atoms with van der Waals surface area (Å²) in [6, 6.07) is 6.54. The highest BCUT2D eigenvalue weighted by atomic mass is 16.4. The number of hydrogen-bond donors (Lipinski definition) is 2.